The quantitative estimate of drug-likeness (QED) is 0.483. The predicted molar refractivity (Wildman–Crippen MR) is 88.3 cm³/mol. The number of hydrogen-bond donors (Lipinski definition) is 2. The number of carbonyl (C=O) groups is 1. The number of rotatable bonds is 5. The summed E-state index contributed by atoms with van der Waals surface area (Å²) in [5.41, 5.74) is -0.240. The van der Waals surface area contributed by atoms with Gasteiger partial charge in [0.1, 0.15) is 0 Å². The first kappa shape index (κ1) is 19.3. The van der Waals surface area contributed by atoms with Crippen LogP contribution < -0.4 is 10.3 Å². The average Bonchev–Trinajstić information content (AvgIpc) is 2.57. The van der Waals surface area contributed by atoms with Gasteiger partial charge in [0.15, 0.2) is 18.6 Å². The van der Waals surface area contributed by atoms with Gasteiger partial charge in [-0.15, -0.1) is 3.89 Å². The number of halogens is 1. The second kappa shape index (κ2) is 10.1. The Labute approximate surface area is 138 Å². The highest BCUT2D eigenvalue weighted by atomic mass is 32.2. The summed E-state index contributed by atoms with van der Waals surface area (Å²) in [4.78, 5) is 23.5. The SMILES string of the molecule is COC.N=Cc1c(NSF)c(C=O)cn(C2CCOCC2)c1=O. The van der Waals surface area contributed by atoms with Crippen LogP contribution >= 0.6 is 12.3 Å². The lowest BCUT2D eigenvalue weighted by atomic mass is 10.1. The number of nitrogens with one attached hydrogen (secondary N) is 2. The zero-order chi connectivity index (χ0) is 17.2. The summed E-state index contributed by atoms with van der Waals surface area (Å²) in [5.74, 6) is 0. The number of hydrogen-bond acceptors (Lipinski definition) is 7. The number of pyridine rings is 1. The highest BCUT2D eigenvalue weighted by Crippen LogP contribution is 2.24. The molecule has 1 fully saturated rings. The van der Waals surface area contributed by atoms with Gasteiger partial charge in [-0.2, -0.15) is 0 Å². The maximum Gasteiger partial charge on any atom is 0.261 e. The molecule has 1 saturated heterocycles. The van der Waals surface area contributed by atoms with Crippen LogP contribution in [-0.2, 0) is 9.47 Å². The van der Waals surface area contributed by atoms with Gasteiger partial charge in [0.05, 0.1) is 16.8 Å². The van der Waals surface area contributed by atoms with E-state index in [9.17, 15) is 13.5 Å². The number of methoxy groups -OCH3 is 1. The standard InChI is InChI=1S/C12H14FN3O3S.C2H6O/c13-20-15-11-8(7-17)6-16(12(18)10(11)5-14)9-1-3-19-4-2-9;1-3-2/h5-7,9,14-15H,1-4H2;1-2H3. The van der Waals surface area contributed by atoms with Crippen molar-refractivity contribution >= 4 is 30.5 Å². The highest BCUT2D eigenvalue weighted by Gasteiger charge is 2.21. The largest absolute Gasteiger partial charge is 0.388 e. The number of aldehydes is 1. The van der Waals surface area contributed by atoms with Crippen LogP contribution in [0.5, 0.6) is 0 Å². The second-order valence-electron chi connectivity index (χ2n) is 4.78. The van der Waals surface area contributed by atoms with Crippen molar-refractivity contribution in [2.45, 2.75) is 18.9 Å². The summed E-state index contributed by atoms with van der Waals surface area (Å²) in [5, 5.41) is 7.34. The summed E-state index contributed by atoms with van der Waals surface area (Å²) >= 11 is -0.216. The van der Waals surface area contributed by atoms with Gasteiger partial charge in [0.2, 0.25) is 0 Å². The van der Waals surface area contributed by atoms with Gasteiger partial charge in [0, 0.05) is 45.9 Å². The number of carbonyl (C=O) groups excluding carboxylic acids is 1. The summed E-state index contributed by atoms with van der Waals surface area (Å²) in [6, 6.07) is -0.0688. The molecule has 0 aliphatic carbocycles. The van der Waals surface area contributed by atoms with Crippen molar-refractivity contribution in [2.24, 2.45) is 0 Å². The molecule has 1 aliphatic heterocycles. The maximum atomic E-state index is 12.4. The zero-order valence-electron chi connectivity index (χ0n) is 13.0. The molecule has 2 N–H and O–H groups in total. The lowest BCUT2D eigenvalue weighted by Gasteiger charge is -2.25. The third kappa shape index (κ3) is 4.88. The lowest BCUT2D eigenvalue weighted by Crippen LogP contribution is -2.32. The predicted octanol–water partition coefficient (Wildman–Crippen LogP) is 2.22. The third-order valence-electron chi connectivity index (χ3n) is 3.30. The molecule has 2 rings (SSSR count). The van der Waals surface area contributed by atoms with Crippen molar-refractivity contribution in [1.29, 1.82) is 5.41 Å². The first-order valence-corrected chi connectivity index (χ1v) is 7.62. The Balaban J connectivity index is 0.000000816. The van der Waals surface area contributed by atoms with E-state index < -0.39 is 5.56 Å². The van der Waals surface area contributed by atoms with Gasteiger partial charge in [-0.1, -0.05) is 0 Å². The molecular weight excluding hydrogens is 325 g/mol. The molecule has 1 aromatic rings. The van der Waals surface area contributed by atoms with Crippen molar-refractivity contribution in [1.82, 2.24) is 4.57 Å². The first-order chi connectivity index (χ1) is 11.1. The average molecular weight is 345 g/mol. The van der Waals surface area contributed by atoms with E-state index >= 15 is 0 Å². The molecule has 0 radical (unpaired) electrons. The molecule has 0 unspecified atom stereocenters. The zero-order valence-corrected chi connectivity index (χ0v) is 13.8. The Kier molecular flexibility index (Phi) is 8.52. The smallest absolute Gasteiger partial charge is 0.261 e. The van der Waals surface area contributed by atoms with Crippen LogP contribution in [0.25, 0.3) is 0 Å². The van der Waals surface area contributed by atoms with Crippen molar-refractivity contribution < 1.29 is 18.2 Å². The fourth-order valence-electron chi connectivity index (χ4n) is 2.28. The molecule has 128 valence electrons. The highest BCUT2D eigenvalue weighted by molar-refractivity contribution is 7.95. The molecule has 1 aromatic heterocycles. The van der Waals surface area contributed by atoms with Crippen LogP contribution in [-0.4, -0.2) is 44.5 Å². The van der Waals surface area contributed by atoms with Crippen LogP contribution in [0.15, 0.2) is 11.0 Å². The Morgan fingerprint density at radius 2 is 2.09 bits per heavy atom. The van der Waals surface area contributed by atoms with E-state index in [1.807, 2.05) is 0 Å². The monoisotopic (exact) mass is 345 g/mol. The minimum Gasteiger partial charge on any atom is -0.388 e. The van der Waals surface area contributed by atoms with Crippen LogP contribution in [0.4, 0.5) is 9.57 Å². The molecule has 1 aliphatic rings. The molecule has 2 heterocycles. The van der Waals surface area contributed by atoms with Crippen molar-refractivity contribution in [3.63, 3.8) is 0 Å². The van der Waals surface area contributed by atoms with E-state index in [1.54, 1.807) is 14.2 Å². The van der Waals surface area contributed by atoms with E-state index in [-0.39, 0.29) is 35.2 Å². The number of nitrogens with zero attached hydrogens (tertiary/aromatic N) is 1. The molecule has 0 aromatic carbocycles. The third-order valence-corrected chi connectivity index (χ3v) is 3.58. The molecule has 23 heavy (non-hydrogen) atoms. The van der Waals surface area contributed by atoms with Crippen molar-refractivity contribution in [3.8, 4) is 0 Å². The van der Waals surface area contributed by atoms with Gasteiger partial charge in [-0.25, -0.2) is 0 Å². The topological polar surface area (TPSA) is 93.4 Å². The number of aromatic nitrogens is 1. The van der Waals surface area contributed by atoms with Crippen LogP contribution in [0, 0.1) is 5.41 Å². The molecule has 9 heteroatoms. The fraction of sp³-hybridized carbons (Fsp3) is 0.500. The Morgan fingerprint density at radius 1 is 1.48 bits per heavy atom. The van der Waals surface area contributed by atoms with Crippen LogP contribution in [0.3, 0.4) is 0 Å². The molecular formula is C14H20FN3O4S. The number of anilines is 1. The summed E-state index contributed by atoms with van der Waals surface area (Å²) < 4.78 is 25.6. The second-order valence-corrected chi connectivity index (χ2v) is 5.14. The molecule has 0 spiro atoms. The number of ether oxygens (including phenoxy) is 2. The van der Waals surface area contributed by atoms with Gasteiger partial charge in [0.25, 0.3) is 5.56 Å². The van der Waals surface area contributed by atoms with Crippen molar-refractivity contribution in [3.05, 3.63) is 27.7 Å². The van der Waals surface area contributed by atoms with E-state index in [2.05, 4.69) is 9.46 Å². The minimum atomic E-state index is -0.408. The Hall–Kier alpha value is -1.71. The van der Waals surface area contributed by atoms with E-state index in [4.69, 9.17) is 10.1 Å². The normalized spacial score (nSPS) is 14.6. The van der Waals surface area contributed by atoms with Crippen LogP contribution in [0.2, 0.25) is 0 Å². The molecule has 0 bridgehead atoms. The Morgan fingerprint density at radius 3 is 2.57 bits per heavy atom. The van der Waals surface area contributed by atoms with Crippen LogP contribution in [0.1, 0.15) is 34.8 Å². The Bertz CT molecular complexity index is 588. The summed E-state index contributed by atoms with van der Waals surface area (Å²) in [6.45, 7) is 1.10. The van der Waals surface area contributed by atoms with Gasteiger partial charge >= 0.3 is 0 Å². The summed E-state index contributed by atoms with van der Waals surface area (Å²) in [6.07, 6.45) is 4.13. The summed E-state index contributed by atoms with van der Waals surface area (Å²) in [7, 11) is 3.25. The molecule has 7 nitrogen and oxygen atoms in total. The maximum absolute atomic E-state index is 12.4. The molecule has 0 amide bonds. The van der Waals surface area contributed by atoms with Gasteiger partial charge in [-0.3, -0.25) is 9.59 Å². The van der Waals surface area contributed by atoms with Gasteiger partial charge < -0.3 is 24.2 Å². The van der Waals surface area contributed by atoms with E-state index in [0.29, 0.717) is 32.3 Å². The van der Waals surface area contributed by atoms with E-state index in [0.717, 1.165) is 6.21 Å². The molecule has 0 saturated carbocycles. The minimum absolute atomic E-state index is 0.0220. The van der Waals surface area contributed by atoms with E-state index in [1.165, 1.54) is 10.8 Å². The first-order valence-electron chi connectivity index (χ1n) is 6.90. The van der Waals surface area contributed by atoms with Gasteiger partial charge in [-0.05, 0) is 12.8 Å². The van der Waals surface area contributed by atoms with Crippen molar-refractivity contribution in [2.75, 3.05) is 32.2 Å². The molecule has 0 atom stereocenters. The lowest BCUT2D eigenvalue weighted by molar-refractivity contribution is 0.0686. The fourth-order valence-corrected chi connectivity index (χ4v) is 2.59.